The Morgan fingerprint density at radius 1 is 1.21 bits per heavy atom. The van der Waals surface area contributed by atoms with E-state index in [-0.39, 0.29) is 35.4 Å². The highest BCUT2D eigenvalue weighted by Gasteiger charge is 2.68. The second-order valence-corrected chi connectivity index (χ2v) is 11.4. The molecule has 6 nitrogen and oxygen atoms in total. The molecule has 0 amide bonds. The minimum Gasteiger partial charge on any atom is -0.479 e. The largest absolute Gasteiger partial charge is 0.479 e. The summed E-state index contributed by atoms with van der Waals surface area (Å²) in [4.78, 5) is 12.0. The summed E-state index contributed by atoms with van der Waals surface area (Å²) in [5, 5.41) is 37.1. The van der Waals surface area contributed by atoms with E-state index in [0.717, 1.165) is 36.2 Å². The molecule has 1 heterocycles. The number of fused-ring (bicyclic) bond motifs is 6. The van der Waals surface area contributed by atoms with E-state index in [1.54, 1.807) is 12.1 Å². The van der Waals surface area contributed by atoms with Crippen LogP contribution in [0.4, 0.5) is 4.39 Å². The number of benzene rings is 1. The Balaban J connectivity index is 1.38. The number of halogens is 1. The number of carboxylic acids is 1. The average molecular weight is 467 g/mol. The van der Waals surface area contributed by atoms with Crippen LogP contribution < -0.4 is 0 Å². The first kappa shape index (κ1) is 22.0. The molecule has 6 rings (SSSR count). The summed E-state index contributed by atoms with van der Waals surface area (Å²) in [5.74, 6) is -1.21. The van der Waals surface area contributed by atoms with Crippen molar-refractivity contribution in [2.45, 2.75) is 64.1 Å². The highest BCUT2D eigenvalue weighted by molar-refractivity contribution is 5.79. The zero-order valence-corrected chi connectivity index (χ0v) is 19.5. The number of carboxylic acid groups (broad SMARTS) is 1. The molecule has 180 valence electrons. The number of hydrogen-bond acceptors (Lipinski definition) is 4. The summed E-state index contributed by atoms with van der Waals surface area (Å²) < 4.78 is 15.3. The lowest BCUT2D eigenvalue weighted by atomic mass is 9.45. The van der Waals surface area contributed by atoms with Gasteiger partial charge in [-0.15, -0.1) is 0 Å². The van der Waals surface area contributed by atoms with Crippen LogP contribution in [0.5, 0.6) is 0 Å². The first-order chi connectivity index (χ1) is 16.1. The van der Waals surface area contributed by atoms with Gasteiger partial charge in [0.1, 0.15) is 5.82 Å². The molecule has 3 saturated carbocycles. The van der Waals surface area contributed by atoms with Gasteiger partial charge in [-0.2, -0.15) is 5.10 Å². The van der Waals surface area contributed by atoms with Gasteiger partial charge in [-0.1, -0.05) is 19.4 Å². The monoisotopic (exact) mass is 466 g/mol. The first-order valence-electron chi connectivity index (χ1n) is 12.3. The lowest BCUT2D eigenvalue weighted by Crippen LogP contribution is -2.61. The van der Waals surface area contributed by atoms with Crippen molar-refractivity contribution in [1.82, 2.24) is 9.78 Å². The number of carbonyl (C=O) groups is 1. The van der Waals surface area contributed by atoms with Crippen molar-refractivity contribution in [3.05, 3.63) is 53.1 Å². The standard InChI is InChI=1S/C27H31FN2O4/c1-25-12-15-14-29-30(18-6-4-17(28)5-7-18)21(15)11-16(25)3-8-19-20-9-10-27(34,24(32)33)26(20,2)13-22(31)23(19)25/h4-7,11,14,19-20,22-23,31,34H,3,8-10,12-13H2,1-2H3,(H,32,33)/t19?,20?,22?,23?,25?,26?,27-/m0/s1. The van der Waals surface area contributed by atoms with Crippen molar-refractivity contribution >= 4 is 12.0 Å². The van der Waals surface area contributed by atoms with E-state index in [9.17, 15) is 24.5 Å². The maximum absolute atomic E-state index is 13.4. The second kappa shape index (κ2) is 7.01. The van der Waals surface area contributed by atoms with Crippen LogP contribution in [0.1, 0.15) is 57.2 Å². The third-order valence-electron chi connectivity index (χ3n) is 10.0. The molecule has 34 heavy (non-hydrogen) atoms. The fraction of sp³-hybridized carbons (Fsp3) is 0.556. The fourth-order valence-corrected chi connectivity index (χ4v) is 8.33. The van der Waals surface area contributed by atoms with Gasteiger partial charge in [0.25, 0.3) is 0 Å². The van der Waals surface area contributed by atoms with E-state index in [0.29, 0.717) is 12.8 Å². The van der Waals surface area contributed by atoms with Gasteiger partial charge in [0, 0.05) is 5.41 Å². The van der Waals surface area contributed by atoms with Gasteiger partial charge in [-0.05, 0) is 97.6 Å². The quantitative estimate of drug-likeness (QED) is 0.622. The zero-order valence-electron chi connectivity index (χ0n) is 19.5. The van der Waals surface area contributed by atoms with E-state index in [2.05, 4.69) is 18.1 Å². The summed E-state index contributed by atoms with van der Waals surface area (Å²) in [6.07, 6.45) is 7.11. The molecular formula is C27H31FN2O4. The van der Waals surface area contributed by atoms with Crippen LogP contribution in [0.15, 0.2) is 36.0 Å². The Bertz CT molecular complexity index is 1210. The van der Waals surface area contributed by atoms with Crippen LogP contribution in [-0.2, 0) is 11.2 Å². The first-order valence-corrected chi connectivity index (χ1v) is 12.3. The Morgan fingerprint density at radius 3 is 2.65 bits per heavy atom. The van der Waals surface area contributed by atoms with Crippen molar-refractivity contribution in [1.29, 1.82) is 0 Å². The van der Waals surface area contributed by atoms with E-state index >= 15 is 0 Å². The molecule has 4 aliphatic carbocycles. The average Bonchev–Trinajstić information content (AvgIpc) is 3.30. The molecule has 6 unspecified atom stereocenters. The predicted octanol–water partition coefficient (Wildman–Crippen LogP) is 3.98. The van der Waals surface area contributed by atoms with Crippen molar-refractivity contribution in [2.24, 2.45) is 28.6 Å². The van der Waals surface area contributed by atoms with Crippen LogP contribution in [-0.4, -0.2) is 42.8 Å². The van der Waals surface area contributed by atoms with Crippen molar-refractivity contribution in [3.8, 4) is 5.69 Å². The van der Waals surface area contributed by atoms with Gasteiger partial charge in [-0.25, -0.2) is 13.9 Å². The van der Waals surface area contributed by atoms with Gasteiger partial charge < -0.3 is 15.3 Å². The van der Waals surface area contributed by atoms with E-state index < -0.39 is 23.1 Å². The third kappa shape index (κ3) is 2.68. The summed E-state index contributed by atoms with van der Waals surface area (Å²) in [6.45, 7) is 4.11. The van der Waals surface area contributed by atoms with Gasteiger partial charge in [0.05, 0.1) is 23.7 Å². The number of aromatic nitrogens is 2. The van der Waals surface area contributed by atoms with Gasteiger partial charge in [0.2, 0.25) is 0 Å². The molecule has 0 saturated heterocycles. The van der Waals surface area contributed by atoms with Gasteiger partial charge in [0.15, 0.2) is 5.60 Å². The Morgan fingerprint density at radius 2 is 1.94 bits per heavy atom. The molecule has 0 spiro atoms. The maximum Gasteiger partial charge on any atom is 0.336 e. The number of hydrogen-bond donors (Lipinski definition) is 3. The molecule has 0 bridgehead atoms. The van der Waals surface area contributed by atoms with Crippen LogP contribution in [0.3, 0.4) is 0 Å². The SMILES string of the molecule is CC12Cc3cnn(-c4ccc(F)cc4)c3C=C1CCC1C2C(O)CC2(C)C1CC[C@]2(O)C(=O)O. The number of nitrogens with zero attached hydrogens (tertiary/aromatic N) is 2. The number of aliphatic hydroxyl groups is 2. The minimum absolute atomic E-state index is 0.00374. The van der Waals surface area contributed by atoms with E-state index in [1.165, 1.54) is 17.7 Å². The highest BCUT2D eigenvalue weighted by Crippen LogP contribution is 2.67. The summed E-state index contributed by atoms with van der Waals surface area (Å²) >= 11 is 0. The molecule has 7 heteroatoms. The zero-order chi connectivity index (χ0) is 24.0. The number of allylic oxidation sites excluding steroid dienone is 1. The number of aliphatic hydroxyl groups excluding tert-OH is 1. The Labute approximate surface area is 198 Å². The van der Waals surface area contributed by atoms with Gasteiger partial charge >= 0.3 is 5.97 Å². The molecule has 2 aromatic rings. The van der Waals surface area contributed by atoms with Crippen molar-refractivity contribution in [2.75, 3.05) is 0 Å². The Kier molecular flexibility index (Phi) is 4.53. The fourth-order valence-electron chi connectivity index (χ4n) is 8.33. The second-order valence-electron chi connectivity index (χ2n) is 11.4. The summed E-state index contributed by atoms with van der Waals surface area (Å²) in [6, 6.07) is 6.32. The molecular weight excluding hydrogens is 435 g/mol. The molecule has 1 aromatic carbocycles. The molecule has 3 N–H and O–H groups in total. The lowest BCUT2D eigenvalue weighted by Gasteiger charge is -2.60. The minimum atomic E-state index is -1.78. The summed E-state index contributed by atoms with van der Waals surface area (Å²) in [5.41, 5.74) is 1.35. The van der Waals surface area contributed by atoms with Crippen LogP contribution in [0, 0.1) is 34.4 Å². The highest BCUT2D eigenvalue weighted by atomic mass is 19.1. The van der Waals surface area contributed by atoms with Crippen molar-refractivity contribution in [3.63, 3.8) is 0 Å². The molecule has 0 radical (unpaired) electrons. The van der Waals surface area contributed by atoms with Gasteiger partial charge in [-0.3, -0.25) is 0 Å². The van der Waals surface area contributed by atoms with Crippen molar-refractivity contribution < 1.29 is 24.5 Å². The number of rotatable bonds is 2. The normalized spacial score (nSPS) is 40.6. The maximum atomic E-state index is 13.4. The smallest absolute Gasteiger partial charge is 0.336 e. The van der Waals surface area contributed by atoms with Crippen LogP contribution >= 0.6 is 0 Å². The molecule has 1 aromatic heterocycles. The predicted molar refractivity (Wildman–Crippen MR) is 124 cm³/mol. The number of aliphatic carboxylic acids is 1. The third-order valence-corrected chi connectivity index (χ3v) is 10.0. The molecule has 3 fully saturated rings. The van der Waals surface area contributed by atoms with E-state index in [4.69, 9.17) is 0 Å². The Hall–Kier alpha value is -2.51. The topological polar surface area (TPSA) is 95.6 Å². The molecule has 4 aliphatic rings. The summed E-state index contributed by atoms with van der Waals surface area (Å²) in [7, 11) is 0. The van der Waals surface area contributed by atoms with E-state index in [1.807, 2.05) is 17.8 Å². The van der Waals surface area contributed by atoms with Crippen LogP contribution in [0.25, 0.3) is 11.8 Å². The van der Waals surface area contributed by atoms with Crippen LogP contribution in [0.2, 0.25) is 0 Å². The lowest BCUT2D eigenvalue weighted by molar-refractivity contribution is -0.193. The molecule has 0 aliphatic heterocycles. The molecule has 7 atom stereocenters.